The summed E-state index contributed by atoms with van der Waals surface area (Å²) >= 11 is 0. The van der Waals surface area contributed by atoms with Gasteiger partial charge in [0, 0.05) is 6.04 Å². The van der Waals surface area contributed by atoms with Crippen molar-refractivity contribution in [2.75, 3.05) is 14.1 Å². The van der Waals surface area contributed by atoms with Crippen LogP contribution in [0.1, 0.15) is 36.0 Å². The van der Waals surface area contributed by atoms with Crippen molar-refractivity contribution in [3.05, 3.63) is 89.5 Å². The van der Waals surface area contributed by atoms with E-state index in [-0.39, 0.29) is 12.4 Å². The first kappa shape index (κ1) is 21.4. The first-order chi connectivity index (χ1) is 13.6. The molecule has 3 heteroatoms. The minimum atomic E-state index is 0. The Hall–Kier alpha value is -2.29. The van der Waals surface area contributed by atoms with Gasteiger partial charge in [-0.25, -0.2) is 0 Å². The molecule has 0 bridgehead atoms. The van der Waals surface area contributed by atoms with Gasteiger partial charge < -0.3 is 9.64 Å². The zero-order chi connectivity index (χ0) is 19.5. The van der Waals surface area contributed by atoms with Crippen LogP contribution < -0.4 is 4.74 Å². The lowest BCUT2D eigenvalue weighted by molar-refractivity contribution is 0.236. The van der Waals surface area contributed by atoms with Crippen molar-refractivity contribution in [3.63, 3.8) is 0 Å². The monoisotopic (exact) mass is 407 g/mol. The van der Waals surface area contributed by atoms with Crippen LogP contribution in [0.15, 0.2) is 72.8 Å². The van der Waals surface area contributed by atoms with Crippen LogP contribution in [0.3, 0.4) is 0 Å². The second-order valence-corrected chi connectivity index (χ2v) is 8.07. The molecule has 3 aromatic carbocycles. The minimum absolute atomic E-state index is 0. The van der Waals surface area contributed by atoms with Gasteiger partial charge in [0.15, 0.2) is 0 Å². The molecule has 1 aliphatic carbocycles. The van der Waals surface area contributed by atoms with Crippen LogP contribution in [-0.2, 0) is 13.0 Å². The highest BCUT2D eigenvalue weighted by molar-refractivity contribution is 5.85. The summed E-state index contributed by atoms with van der Waals surface area (Å²) in [6, 6.07) is 26.4. The van der Waals surface area contributed by atoms with E-state index < -0.39 is 0 Å². The fraction of sp³-hybridized carbons (Fsp3) is 0.308. The highest BCUT2D eigenvalue weighted by Crippen LogP contribution is 2.36. The summed E-state index contributed by atoms with van der Waals surface area (Å²) in [5.41, 5.74) is 6.60. The molecule has 0 aromatic heterocycles. The number of aryl methyl sites for hydroxylation is 1. The number of fused-ring (bicyclic) bond motifs is 1. The summed E-state index contributed by atoms with van der Waals surface area (Å²) < 4.78 is 6.13. The third-order valence-electron chi connectivity index (χ3n) is 6.02. The van der Waals surface area contributed by atoms with Gasteiger partial charge in [0.1, 0.15) is 12.4 Å². The number of hydrogen-bond donors (Lipinski definition) is 0. The number of benzene rings is 3. The fourth-order valence-electron chi connectivity index (χ4n) is 4.37. The highest BCUT2D eigenvalue weighted by Gasteiger charge is 2.27. The van der Waals surface area contributed by atoms with E-state index in [2.05, 4.69) is 92.6 Å². The normalized spacial score (nSPS) is 18.1. The molecule has 2 unspecified atom stereocenters. The van der Waals surface area contributed by atoms with E-state index in [0.29, 0.717) is 18.6 Å². The van der Waals surface area contributed by atoms with Crippen LogP contribution in [0.2, 0.25) is 0 Å². The van der Waals surface area contributed by atoms with Crippen LogP contribution in [0, 0.1) is 0 Å². The molecule has 0 aliphatic heterocycles. The van der Waals surface area contributed by atoms with Crippen molar-refractivity contribution in [2.24, 2.45) is 0 Å². The predicted octanol–water partition coefficient (Wildman–Crippen LogP) is 6.33. The Balaban J connectivity index is 0.00000240. The van der Waals surface area contributed by atoms with Gasteiger partial charge in [-0.2, -0.15) is 0 Å². The van der Waals surface area contributed by atoms with E-state index in [9.17, 15) is 0 Å². The zero-order valence-electron chi connectivity index (χ0n) is 17.5. The molecular formula is C26H30ClNO. The zero-order valence-corrected chi connectivity index (χ0v) is 18.3. The maximum Gasteiger partial charge on any atom is 0.120 e. The van der Waals surface area contributed by atoms with Crippen LogP contribution in [0.5, 0.6) is 5.75 Å². The number of ether oxygens (including phenoxy) is 1. The lowest BCUT2D eigenvalue weighted by atomic mass is 9.80. The minimum Gasteiger partial charge on any atom is -0.489 e. The Labute approximate surface area is 180 Å². The Morgan fingerprint density at radius 3 is 2.28 bits per heavy atom. The first-order valence-electron chi connectivity index (χ1n) is 10.2. The molecular weight excluding hydrogens is 378 g/mol. The molecule has 0 radical (unpaired) electrons. The lowest BCUT2D eigenvalue weighted by Crippen LogP contribution is -2.36. The molecule has 4 rings (SSSR count). The van der Waals surface area contributed by atoms with E-state index >= 15 is 0 Å². The molecule has 0 amide bonds. The Morgan fingerprint density at radius 1 is 0.897 bits per heavy atom. The topological polar surface area (TPSA) is 12.5 Å². The molecule has 2 atom stereocenters. The van der Waals surface area contributed by atoms with E-state index in [1.807, 2.05) is 6.07 Å². The number of likely N-dealkylation sites (N-methyl/N-ethyl adjacent to an activating group) is 1. The molecule has 0 N–H and O–H groups in total. The van der Waals surface area contributed by atoms with Gasteiger partial charge in [0.25, 0.3) is 0 Å². The molecule has 3 aromatic rings. The molecule has 1 aliphatic rings. The van der Waals surface area contributed by atoms with Gasteiger partial charge in [0.05, 0.1) is 0 Å². The Bertz CT molecular complexity index is 921. The van der Waals surface area contributed by atoms with Gasteiger partial charge in [-0.05, 0) is 72.8 Å². The quantitative estimate of drug-likeness (QED) is 0.489. The summed E-state index contributed by atoms with van der Waals surface area (Å²) in [5.74, 6) is 1.50. The van der Waals surface area contributed by atoms with Crippen LogP contribution in [0.4, 0.5) is 0 Å². The third kappa shape index (κ3) is 4.83. The second-order valence-electron chi connectivity index (χ2n) is 8.07. The number of rotatable bonds is 5. The van der Waals surface area contributed by atoms with Crippen molar-refractivity contribution < 1.29 is 4.74 Å². The van der Waals surface area contributed by atoms with Crippen molar-refractivity contribution in [2.45, 2.75) is 38.3 Å². The standard InChI is InChI=1S/C26H29NO.ClH/c1-19-25-17-24(15-13-23(25)14-16-26(19)27(2)3)28-18-20-9-11-22(12-10-20)21-7-5-4-6-8-21;/h4-13,15,17,19,26H,14,16,18H2,1-3H3;1H. The van der Waals surface area contributed by atoms with Crippen LogP contribution in [0.25, 0.3) is 11.1 Å². The van der Waals surface area contributed by atoms with E-state index in [1.165, 1.54) is 34.2 Å². The van der Waals surface area contributed by atoms with Crippen LogP contribution in [-0.4, -0.2) is 25.0 Å². The van der Waals surface area contributed by atoms with Gasteiger partial charge in [-0.3, -0.25) is 0 Å². The van der Waals surface area contributed by atoms with E-state index in [4.69, 9.17) is 4.74 Å². The summed E-state index contributed by atoms with van der Waals surface area (Å²) in [4.78, 5) is 2.36. The van der Waals surface area contributed by atoms with Gasteiger partial charge >= 0.3 is 0 Å². The average Bonchev–Trinajstić information content (AvgIpc) is 2.73. The predicted molar refractivity (Wildman–Crippen MR) is 124 cm³/mol. The smallest absolute Gasteiger partial charge is 0.120 e. The maximum absolute atomic E-state index is 6.13. The average molecular weight is 408 g/mol. The molecule has 0 saturated carbocycles. The van der Waals surface area contributed by atoms with Crippen molar-refractivity contribution in [1.82, 2.24) is 4.90 Å². The van der Waals surface area contributed by atoms with Crippen molar-refractivity contribution in [3.8, 4) is 16.9 Å². The van der Waals surface area contributed by atoms with E-state index in [0.717, 1.165) is 12.2 Å². The van der Waals surface area contributed by atoms with Gasteiger partial charge in [-0.15, -0.1) is 12.4 Å². The fourth-order valence-corrected chi connectivity index (χ4v) is 4.37. The van der Waals surface area contributed by atoms with Crippen molar-refractivity contribution in [1.29, 1.82) is 0 Å². The number of nitrogens with zero attached hydrogens (tertiary/aromatic N) is 1. The third-order valence-corrected chi connectivity index (χ3v) is 6.02. The molecule has 0 heterocycles. The molecule has 0 spiro atoms. The molecule has 0 fully saturated rings. The first-order valence-corrected chi connectivity index (χ1v) is 10.2. The SMILES string of the molecule is CC1c2cc(OCc3ccc(-c4ccccc4)cc3)ccc2CCC1N(C)C.Cl. The molecule has 152 valence electrons. The molecule has 0 saturated heterocycles. The van der Waals surface area contributed by atoms with Gasteiger partial charge in [-0.1, -0.05) is 67.6 Å². The summed E-state index contributed by atoms with van der Waals surface area (Å²) in [6.07, 6.45) is 2.39. The summed E-state index contributed by atoms with van der Waals surface area (Å²) in [7, 11) is 4.37. The second kappa shape index (κ2) is 9.47. The number of hydrogen-bond acceptors (Lipinski definition) is 2. The summed E-state index contributed by atoms with van der Waals surface area (Å²) in [6.45, 7) is 2.94. The number of halogens is 1. The molecule has 29 heavy (non-hydrogen) atoms. The van der Waals surface area contributed by atoms with Crippen LogP contribution >= 0.6 is 12.4 Å². The molecule has 2 nitrogen and oxygen atoms in total. The Morgan fingerprint density at radius 2 is 1.59 bits per heavy atom. The maximum atomic E-state index is 6.13. The van der Waals surface area contributed by atoms with Gasteiger partial charge in [0.2, 0.25) is 0 Å². The Kier molecular flexibility index (Phi) is 7.00. The highest BCUT2D eigenvalue weighted by atomic mass is 35.5. The lowest BCUT2D eigenvalue weighted by Gasteiger charge is -2.36. The summed E-state index contributed by atoms with van der Waals surface area (Å²) in [5, 5.41) is 0. The largest absolute Gasteiger partial charge is 0.489 e. The van der Waals surface area contributed by atoms with E-state index in [1.54, 1.807) is 0 Å². The van der Waals surface area contributed by atoms with Crippen molar-refractivity contribution >= 4 is 12.4 Å².